The Morgan fingerprint density at radius 1 is 1.21 bits per heavy atom. The first-order valence-corrected chi connectivity index (χ1v) is 10.8. The van der Waals surface area contributed by atoms with Crippen molar-refractivity contribution in [1.82, 2.24) is 14.6 Å². The van der Waals surface area contributed by atoms with Crippen molar-refractivity contribution in [2.75, 3.05) is 19.7 Å². The quantitative estimate of drug-likeness (QED) is 0.766. The molecule has 1 fully saturated rings. The molecule has 7 nitrogen and oxygen atoms in total. The maximum atomic E-state index is 13.0. The van der Waals surface area contributed by atoms with Crippen molar-refractivity contribution < 1.29 is 17.9 Å². The van der Waals surface area contributed by atoms with Crippen LogP contribution in [0.5, 0.6) is 5.75 Å². The molecule has 0 spiro atoms. The van der Waals surface area contributed by atoms with Crippen molar-refractivity contribution >= 4 is 15.9 Å². The van der Waals surface area contributed by atoms with E-state index in [1.165, 1.54) is 4.31 Å². The summed E-state index contributed by atoms with van der Waals surface area (Å²) in [5.41, 5.74) is 0.957. The predicted molar refractivity (Wildman–Crippen MR) is 105 cm³/mol. The van der Waals surface area contributed by atoms with Gasteiger partial charge in [-0.3, -0.25) is 9.78 Å². The summed E-state index contributed by atoms with van der Waals surface area (Å²) in [7, 11) is -3.64. The Morgan fingerprint density at radius 2 is 1.93 bits per heavy atom. The van der Waals surface area contributed by atoms with Crippen molar-refractivity contribution in [2.24, 2.45) is 5.92 Å². The summed E-state index contributed by atoms with van der Waals surface area (Å²) in [5, 5.41) is 2.90. The molecule has 1 aliphatic heterocycles. The molecular weight excluding hydrogens is 378 g/mol. The highest BCUT2D eigenvalue weighted by molar-refractivity contribution is 7.89. The minimum absolute atomic E-state index is 0.122. The molecule has 150 valence electrons. The highest BCUT2D eigenvalue weighted by atomic mass is 32.2. The monoisotopic (exact) mass is 403 g/mol. The first kappa shape index (κ1) is 20.3. The Kier molecular flexibility index (Phi) is 6.64. The smallest absolute Gasteiger partial charge is 0.243 e. The summed E-state index contributed by atoms with van der Waals surface area (Å²) in [4.78, 5) is 16.7. The SMILES string of the molecule is CCOc1ccc(S(=O)(=O)N2CCC[C@H](C(=O)NCc3ccncc3)C2)cc1. The number of hydrogen-bond donors (Lipinski definition) is 1. The van der Waals surface area contributed by atoms with Gasteiger partial charge in [-0.15, -0.1) is 0 Å². The average molecular weight is 404 g/mol. The van der Waals surface area contributed by atoms with Crippen LogP contribution in [0, 0.1) is 5.92 Å². The van der Waals surface area contributed by atoms with Gasteiger partial charge in [0.05, 0.1) is 17.4 Å². The van der Waals surface area contributed by atoms with Crippen molar-refractivity contribution in [3.05, 3.63) is 54.4 Å². The van der Waals surface area contributed by atoms with Gasteiger partial charge in [0.2, 0.25) is 15.9 Å². The van der Waals surface area contributed by atoms with Gasteiger partial charge in [-0.25, -0.2) is 8.42 Å². The molecule has 1 atom stereocenters. The van der Waals surface area contributed by atoms with E-state index in [-0.39, 0.29) is 23.3 Å². The normalized spacial score (nSPS) is 17.8. The Hall–Kier alpha value is -2.45. The van der Waals surface area contributed by atoms with Crippen LogP contribution in [0.1, 0.15) is 25.3 Å². The lowest BCUT2D eigenvalue weighted by Crippen LogP contribution is -2.45. The molecule has 1 aromatic carbocycles. The number of carbonyl (C=O) groups is 1. The van der Waals surface area contributed by atoms with E-state index in [0.717, 1.165) is 5.56 Å². The number of rotatable bonds is 7. The number of ether oxygens (including phenoxy) is 1. The molecule has 0 unspecified atom stereocenters. The Labute approximate surface area is 165 Å². The van der Waals surface area contributed by atoms with Crippen LogP contribution in [0.2, 0.25) is 0 Å². The first-order valence-electron chi connectivity index (χ1n) is 9.40. The molecule has 1 aromatic heterocycles. The summed E-state index contributed by atoms with van der Waals surface area (Å²) in [5.74, 6) is 0.157. The van der Waals surface area contributed by atoms with E-state index in [1.54, 1.807) is 36.7 Å². The molecule has 1 saturated heterocycles. The molecule has 0 saturated carbocycles. The Balaban J connectivity index is 1.63. The Morgan fingerprint density at radius 3 is 2.61 bits per heavy atom. The lowest BCUT2D eigenvalue weighted by atomic mass is 9.99. The van der Waals surface area contributed by atoms with E-state index in [0.29, 0.717) is 38.3 Å². The zero-order chi connectivity index (χ0) is 20.0. The minimum Gasteiger partial charge on any atom is -0.494 e. The van der Waals surface area contributed by atoms with E-state index in [1.807, 2.05) is 19.1 Å². The number of amides is 1. The molecule has 1 aliphatic rings. The molecule has 2 aromatic rings. The maximum Gasteiger partial charge on any atom is 0.243 e. The largest absolute Gasteiger partial charge is 0.494 e. The van der Waals surface area contributed by atoms with Crippen molar-refractivity contribution in [3.8, 4) is 5.75 Å². The fraction of sp³-hybridized carbons (Fsp3) is 0.400. The average Bonchev–Trinajstić information content (AvgIpc) is 2.73. The van der Waals surface area contributed by atoms with Gasteiger partial charge < -0.3 is 10.1 Å². The van der Waals surface area contributed by atoms with E-state index >= 15 is 0 Å². The predicted octanol–water partition coefficient (Wildman–Crippen LogP) is 2.20. The maximum absolute atomic E-state index is 13.0. The zero-order valence-corrected chi connectivity index (χ0v) is 16.7. The highest BCUT2D eigenvalue weighted by Crippen LogP contribution is 2.25. The second-order valence-electron chi connectivity index (χ2n) is 6.68. The molecule has 0 aliphatic carbocycles. The van der Waals surface area contributed by atoms with Gasteiger partial charge in [0.1, 0.15) is 5.75 Å². The number of carbonyl (C=O) groups excluding carboxylic acids is 1. The molecule has 1 N–H and O–H groups in total. The van der Waals surface area contributed by atoms with Crippen molar-refractivity contribution in [2.45, 2.75) is 31.2 Å². The molecule has 3 rings (SSSR count). The summed E-state index contributed by atoms with van der Waals surface area (Å²) >= 11 is 0. The number of nitrogens with one attached hydrogen (secondary N) is 1. The van der Waals surface area contributed by atoms with Crippen LogP contribution in [0.3, 0.4) is 0 Å². The highest BCUT2D eigenvalue weighted by Gasteiger charge is 2.33. The second kappa shape index (κ2) is 9.16. The van der Waals surface area contributed by atoms with Gasteiger partial charge in [-0.05, 0) is 61.7 Å². The van der Waals surface area contributed by atoms with Gasteiger partial charge >= 0.3 is 0 Å². The molecule has 28 heavy (non-hydrogen) atoms. The third-order valence-corrected chi connectivity index (χ3v) is 6.62. The van der Waals surface area contributed by atoms with Crippen molar-refractivity contribution in [1.29, 1.82) is 0 Å². The van der Waals surface area contributed by atoms with Crippen LogP contribution in [0.25, 0.3) is 0 Å². The molecule has 0 radical (unpaired) electrons. The number of sulfonamides is 1. The van der Waals surface area contributed by atoms with Gasteiger partial charge in [-0.1, -0.05) is 0 Å². The van der Waals surface area contributed by atoms with E-state index in [9.17, 15) is 13.2 Å². The van der Waals surface area contributed by atoms with Crippen molar-refractivity contribution in [3.63, 3.8) is 0 Å². The van der Waals surface area contributed by atoms with Gasteiger partial charge in [0.25, 0.3) is 0 Å². The molecule has 8 heteroatoms. The van der Waals surface area contributed by atoms with E-state index in [2.05, 4.69) is 10.3 Å². The van der Waals surface area contributed by atoms with Gasteiger partial charge in [0, 0.05) is 32.0 Å². The third-order valence-electron chi connectivity index (χ3n) is 4.74. The first-order chi connectivity index (χ1) is 13.5. The third kappa shape index (κ3) is 4.88. The summed E-state index contributed by atoms with van der Waals surface area (Å²) in [6, 6.07) is 10.1. The lowest BCUT2D eigenvalue weighted by molar-refractivity contribution is -0.126. The van der Waals surface area contributed by atoms with Gasteiger partial charge in [-0.2, -0.15) is 4.31 Å². The van der Waals surface area contributed by atoms with E-state index in [4.69, 9.17) is 4.74 Å². The van der Waals surface area contributed by atoms with Gasteiger partial charge in [0.15, 0.2) is 0 Å². The fourth-order valence-electron chi connectivity index (χ4n) is 3.23. The number of benzene rings is 1. The standard InChI is InChI=1S/C20H25N3O4S/c1-2-27-18-5-7-19(8-6-18)28(25,26)23-13-3-4-17(15-23)20(24)22-14-16-9-11-21-12-10-16/h5-12,17H,2-4,13-15H2,1H3,(H,22,24)/t17-/m0/s1. The summed E-state index contributed by atoms with van der Waals surface area (Å²) < 4.78 is 32.7. The van der Waals surface area contributed by atoms with Crippen LogP contribution in [0.15, 0.2) is 53.7 Å². The Bertz CT molecular complexity index is 885. The number of hydrogen-bond acceptors (Lipinski definition) is 5. The number of nitrogens with zero attached hydrogens (tertiary/aromatic N) is 2. The molecule has 2 heterocycles. The van der Waals surface area contributed by atoms with Crippen LogP contribution < -0.4 is 10.1 Å². The second-order valence-corrected chi connectivity index (χ2v) is 8.62. The number of aromatic nitrogens is 1. The fourth-order valence-corrected chi connectivity index (χ4v) is 4.76. The van der Waals surface area contributed by atoms with Crippen LogP contribution in [-0.2, 0) is 21.4 Å². The molecular formula is C20H25N3O4S. The summed E-state index contributed by atoms with van der Waals surface area (Å²) in [6.07, 6.45) is 4.68. The molecule has 1 amide bonds. The van der Waals surface area contributed by atoms with Crippen LogP contribution >= 0.6 is 0 Å². The number of piperidine rings is 1. The topological polar surface area (TPSA) is 88.6 Å². The minimum atomic E-state index is -3.64. The number of pyridine rings is 1. The zero-order valence-electron chi connectivity index (χ0n) is 15.9. The van der Waals surface area contributed by atoms with E-state index < -0.39 is 10.0 Å². The summed E-state index contributed by atoms with van der Waals surface area (Å²) in [6.45, 7) is 3.41. The molecule has 0 bridgehead atoms. The van der Waals surface area contributed by atoms with Crippen LogP contribution in [-0.4, -0.2) is 43.3 Å². The lowest BCUT2D eigenvalue weighted by Gasteiger charge is -2.31. The van der Waals surface area contributed by atoms with Crippen LogP contribution in [0.4, 0.5) is 0 Å².